The summed E-state index contributed by atoms with van der Waals surface area (Å²) in [5.74, 6) is -0.388. The standard InChI is InChI=1S/C13H19FN2/c1-13(2)5-3-8-16(9-6-13)11-4-7-15-12(14)10-11/h4,7,10H,3,5-6,8-9H2,1-2H3. The van der Waals surface area contributed by atoms with Crippen molar-refractivity contribution in [1.82, 2.24) is 4.98 Å². The second-order valence-corrected chi connectivity index (χ2v) is 5.34. The van der Waals surface area contributed by atoms with Gasteiger partial charge in [0.25, 0.3) is 0 Å². The lowest BCUT2D eigenvalue weighted by Gasteiger charge is -2.24. The molecule has 88 valence electrons. The highest BCUT2D eigenvalue weighted by molar-refractivity contribution is 5.44. The lowest BCUT2D eigenvalue weighted by atomic mass is 9.85. The summed E-state index contributed by atoms with van der Waals surface area (Å²) in [6, 6.07) is 3.42. The maximum Gasteiger partial charge on any atom is 0.214 e. The number of hydrogen-bond acceptors (Lipinski definition) is 2. The molecular weight excluding hydrogens is 203 g/mol. The first-order chi connectivity index (χ1) is 7.57. The van der Waals surface area contributed by atoms with Crippen molar-refractivity contribution in [2.24, 2.45) is 5.41 Å². The maximum absolute atomic E-state index is 13.0. The molecule has 0 saturated carbocycles. The summed E-state index contributed by atoms with van der Waals surface area (Å²) >= 11 is 0. The third-order valence-electron chi connectivity index (χ3n) is 3.42. The second-order valence-electron chi connectivity index (χ2n) is 5.34. The zero-order chi connectivity index (χ0) is 11.6. The van der Waals surface area contributed by atoms with Crippen molar-refractivity contribution in [3.8, 4) is 0 Å². The first-order valence-corrected chi connectivity index (χ1v) is 5.93. The molecule has 0 aromatic carbocycles. The molecule has 2 heterocycles. The minimum absolute atomic E-state index is 0.388. The van der Waals surface area contributed by atoms with Crippen LogP contribution in [-0.2, 0) is 0 Å². The van der Waals surface area contributed by atoms with Gasteiger partial charge in [-0.15, -0.1) is 0 Å². The topological polar surface area (TPSA) is 16.1 Å². The summed E-state index contributed by atoms with van der Waals surface area (Å²) < 4.78 is 13.0. The molecule has 0 amide bonds. The number of pyridine rings is 1. The monoisotopic (exact) mass is 222 g/mol. The van der Waals surface area contributed by atoms with Gasteiger partial charge in [0.1, 0.15) is 0 Å². The highest BCUT2D eigenvalue weighted by Crippen LogP contribution is 2.31. The molecule has 0 aliphatic carbocycles. The fourth-order valence-electron chi connectivity index (χ4n) is 2.27. The molecular formula is C13H19FN2. The molecule has 2 nitrogen and oxygen atoms in total. The Morgan fingerprint density at radius 3 is 2.88 bits per heavy atom. The van der Waals surface area contributed by atoms with Crippen LogP contribution in [0.25, 0.3) is 0 Å². The van der Waals surface area contributed by atoms with Crippen LogP contribution in [0.3, 0.4) is 0 Å². The second kappa shape index (κ2) is 4.40. The summed E-state index contributed by atoms with van der Waals surface area (Å²) in [6.45, 7) is 6.65. The van der Waals surface area contributed by atoms with Crippen LogP contribution in [0.15, 0.2) is 18.3 Å². The predicted octanol–water partition coefficient (Wildman–Crippen LogP) is 3.24. The van der Waals surface area contributed by atoms with Crippen molar-refractivity contribution in [3.63, 3.8) is 0 Å². The Kier molecular flexibility index (Phi) is 3.13. The Morgan fingerprint density at radius 2 is 2.12 bits per heavy atom. The zero-order valence-electron chi connectivity index (χ0n) is 10.0. The number of hydrogen-bond donors (Lipinski definition) is 0. The van der Waals surface area contributed by atoms with E-state index in [9.17, 15) is 4.39 Å². The van der Waals surface area contributed by atoms with Gasteiger partial charge in [0, 0.05) is 31.0 Å². The normalized spacial score (nSPS) is 20.6. The molecule has 0 unspecified atom stereocenters. The van der Waals surface area contributed by atoms with Crippen LogP contribution in [-0.4, -0.2) is 18.1 Å². The van der Waals surface area contributed by atoms with Crippen molar-refractivity contribution < 1.29 is 4.39 Å². The molecule has 2 rings (SSSR count). The van der Waals surface area contributed by atoms with Crippen LogP contribution in [0.5, 0.6) is 0 Å². The Bertz CT molecular complexity index is 363. The smallest absolute Gasteiger partial charge is 0.214 e. The van der Waals surface area contributed by atoms with E-state index in [2.05, 4.69) is 23.7 Å². The van der Waals surface area contributed by atoms with E-state index >= 15 is 0 Å². The van der Waals surface area contributed by atoms with E-state index in [1.807, 2.05) is 6.07 Å². The van der Waals surface area contributed by atoms with E-state index in [1.165, 1.54) is 18.9 Å². The fraction of sp³-hybridized carbons (Fsp3) is 0.615. The lowest BCUT2D eigenvalue weighted by molar-refractivity contribution is 0.325. The Hall–Kier alpha value is -1.12. The van der Waals surface area contributed by atoms with E-state index in [0.717, 1.165) is 25.2 Å². The van der Waals surface area contributed by atoms with Crippen LogP contribution < -0.4 is 4.90 Å². The highest BCUT2D eigenvalue weighted by atomic mass is 19.1. The van der Waals surface area contributed by atoms with Crippen molar-refractivity contribution >= 4 is 5.69 Å². The van der Waals surface area contributed by atoms with Gasteiger partial charge in [0.05, 0.1) is 0 Å². The van der Waals surface area contributed by atoms with Gasteiger partial charge in [-0.1, -0.05) is 13.8 Å². The quantitative estimate of drug-likeness (QED) is 0.678. The molecule has 1 aliphatic heterocycles. The third kappa shape index (κ3) is 2.71. The number of aromatic nitrogens is 1. The van der Waals surface area contributed by atoms with Gasteiger partial charge in [-0.25, -0.2) is 4.98 Å². The summed E-state index contributed by atoms with van der Waals surface area (Å²) in [5.41, 5.74) is 1.38. The molecule has 0 N–H and O–H groups in total. The van der Waals surface area contributed by atoms with Crippen LogP contribution in [0, 0.1) is 11.4 Å². The van der Waals surface area contributed by atoms with E-state index in [0.29, 0.717) is 5.41 Å². The van der Waals surface area contributed by atoms with Crippen molar-refractivity contribution in [2.75, 3.05) is 18.0 Å². The van der Waals surface area contributed by atoms with Crippen molar-refractivity contribution in [1.29, 1.82) is 0 Å². The largest absolute Gasteiger partial charge is 0.371 e. The fourth-order valence-corrected chi connectivity index (χ4v) is 2.27. The molecule has 0 spiro atoms. The summed E-state index contributed by atoms with van der Waals surface area (Å²) in [4.78, 5) is 5.86. The van der Waals surface area contributed by atoms with E-state index in [4.69, 9.17) is 0 Å². The van der Waals surface area contributed by atoms with Crippen LogP contribution in [0.2, 0.25) is 0 Å². The molecule has 16 heavy (non-hydrogen) atoms. The Balaban J connectivity index is 2.11. The van der Waals surface area contributed by atoms with E-state index in [-0.39, 0.29) is 5.95 Å². The molecule has 0 bridgehead atoms. The van der Waals surface area contributed by atoms with Gasteiger partial charge < -0.3 is 4.90 Å². The van der Waals surface area contributed by atoms with Gasteiger partial charge in [-0.3, -0.25) is 0 Å². The summed E-state index contributed by atoms with van der Waals surface area (Å²) in [5, 5.41) is 0. The number of anilines is 1. The molecule has 1 fully saturated rings. The number of rotatable bonds is 1. The van der Waals surface area contributed by atoms with Gasteiger partial charge in [0.15, 0.2) is 0 Å². The maximum atomic E-state index is 13.0. The van der Waals surface area contributed by atoms with Crippen LogP contribution >= 0.6 is 0 Å². The van der Waals surface area contributed by atoms with Gasteiger partial charge >= 0.3 is 0 Å². The average Bonchev–Trinajstić information content (AvgIpc) is 2.39. The molecule has 1 aliphatic rings. The van der Waals surface area contributed by atoms with Gasteiger partial charge in [-0.05, 0) is 30.7 Å². The first kappa shape index (κ1) is 11.4. The van der Waals surface area contributed by atoms with Crippen molar-refractivity contribution in [2.45, 2.75) is 33.1 Å². The number of halogens is 1. The molecule has 1 aromatic rings. The molecule has 1 aromatic heterocycles. The van der Waals surface area contributed by atoms with E-state index < -0.39 is 0 Å². The predicted molar refractivity (Wildman–Crippen MR) is 64.0 cm³/mol. The summed E-state index contributed by atoms with van der Waals surface area (Å²) in [6.07, 6.45) is 5.13. The first-order valence-electron chi connectivity index (χ1n) is 5.93. The molecule has 1 saturated heterocycles. The molecule has 3 heteroatoms. The highest BCUT2D eigenvalue weighted by Gasteiger charge is 2.23. The van der Waals surface area contributed by atoms with Gasteiger partial charge in [-0.2, -0.15) is 4.39 Å². The summed E-state index contributed by atoms with van der Waals surface area (Å²) in [7, 11) is 0. The Labute approximate surface area is 96.5 Å². The average molecular weight is 222 g/mol. The van der Waals surface area contributed by atoms with Crippen LogP contribution in [0.1, 0.15) is 33.1 Å². The van der Waals surface area contributed by atoms with Crippen LogP contribution in [0.4, 0.5) is 10.1 Å². The van der Waals surface area contributed by atoms with E-state index in [1.54, 1.807) is 6.20 Å². The minimum atomic E-state index is -0.388. The molecule has 0 radical (unpaired) electrons. The van der Waals surface area contributed by atoms with Gasteiger partial charge in [0.2, 0.25) is 5.95 Å². The molecule has 0 atom stereocenters. The zero-order valence-corrected chi connectivity index (χ0v) is 10.0. The third-order valence-corrected chi connectivity index (χ3v) is 3.42. The Morgan fingerprint density at radius 1 is 1.31 bits per heavy atom. The van der Waals surface area contributed by atoms with Crippen molar-refractivity contribution in [3.05, 3.63) is 24.3 Å². The number of nitrogens with zero attached hydrogens (tertiary/aromatic N) is 2. The SMILES string of the molecule is CC1(C)CCCN(c2ccnc(F)c2)CC1. The minimum Gasteiger partial charge on any atom is -0.371 e. The lowest BCUT2D eigenvalue weighted by Crippen LogP contribution is -2.25.